The number of aliphatic hydroxyl groups excluding tert-OH is 1. The van der Waals surface area contributed by atoms with Gasteiger partial charge in [0.15, 0.2) is 0 Å². The fourth-order valence-electron chi connectivity index (χ4n) is 2.52. The Morgan fingerprint density at radius 2 is 1.81 bits per heavy atom. The Morgan fingerprint density at radius 1 is 1.14 bits per heavy atom. The number of anilines is 1. The maximum absolute atomic E-state index is 13.0. The number of rotatable bonds is 3. The number of amides is 1. The van der Waals surface area contributed by atoms with Gasteiger partial charge in [0.2, 0.25) is 0 Å². The van der Waals surface area contributed by atoms with Crippen LogP contribution in [0.5, 0.6) is 0 Å². The second kappa shape index (κ2) is 6.89. The van der Waals surface area contributed by atoms with E-state index in [2.05, 4.69) is 4.90 Å². The summed E-state index contributed by atoms with van der Waals surface area (Å²) in [5.74, 6) is -0.509. The molecular weight excluding hydrogens is 271 g/mol. The first-order chi connectivity index (χ1) is 9.99. The largest absolute Gasteiger partial charge is 0.383 e. The van der Waals surface area contributed by atoms with E-state index < -0.39 is 6.10 Å². The van der Waals surface area contributed by atoms with Crippen molar-refractivity contribution in [3.63, 3.8) is 0 Å². The van der Waals surface area contributed by atoms with E-state index >= 15 is 0 Å². The monoisotopic (exact) mass is 294 g/mol. The van der Waals surface area contributed by atoms with Crippen LogP contribution in [0.1, 0.15) is 20.3 Å². The molecule has 1 aromatic rings. The summed E-state index contributed by atoms with van der Waals surface area (Å²) in [6.07, 6.45) is -0.0872. The number of halogens is 1. The number of nitrogens with zero attached hydrogens (tertiary/aromatic N) is 2. The summed E-state index contributed by atoms with van der Waals surface area (Å²) < 4.78 is 13.0. The molecule has 1 aliphatic rings. The van der Waals surface area contributed by atoms with Crippen LogP contribution in [0, 0.1) is 11.7 Å². The van der Waals surface area contributed by atoms with Crippen LogP contribution in [0.2, 0.25) is 0 Å². The highest BCUT2D eigenvalue weighted by atomic mass is 19.1. The Kier molecular flexibility index (Phi) is 5.17. The molecule has 0 aliphatic carbocycles. The molecule has 0 aromatic heterocycles. The Bertz CT molecular complexity index is 476. The minimum Gasteiger partial charge on any atom is -0.383 e. The molecule has 4 nitrogen and oxygen atoms in total. The van der Waals surface area contributed by atoms with Gasteiger partial charge in [-0.1, -0.05) is 13.8 Å². The van der Waals surface area contributed by atoms with Crippen LogP contribution >= 0.6 is 0 Å². The zero-order valence-corrected chi connectivity index (χ0v) is 12.6. The molecule has 0 bridgehead atoms. The zero-order valence-electron chi connectivity index (χ0n) is 12.6. The molecule has 1 heterocycles. The van der Waals surface area contributed by atoms with Crippen LogP contribution in [0.3, 0.4) is 0 Å². The van der Waals surface area contributed by atoms with Crippen LogP contribution in [-0.4, -0.2) is 48.2 Å². The van der Waals surface area contributed by atoms with Crippen molar-refractivity contribution in [2.75, 3.05) is 31.1 Å². The maximum atomic E-state index is 13.0. The lowest BCUT2D eigenvalue weighted by molar-refractivity contribution is -0.142. The normalized spacial score (nSPS) is 17.8. The van der Waals surface area contributed by atoms with E-state index in [-0.39, 0.29) is 17.6 Å². The van der Waals surface area contributed by atoms with Crippen molar-refractivity contribution in [3.05, 3.63) is 30.1 Å². The number of aliphatic hydroxyl groups is 1. The van der Waals surface area contributed by atoms with Crippen LogP contribution in [0.25, 0.3) is 0 Å². The first kappa shape index (κ1) is 15.8. The molecule has 1 fully saturated rings. The summed E-state index contributed by atoms with van der Waals surface area (Å²) in [4.78, 5) is 16.1. The molecule has 116 valence electrons. The summed E-state index contributed by atoms with van der Waals surface area (Å²) in [7, 11) is 0. The highest BCUT2D eigenvalue weighted by molar-refractivity contribution is 5.81. The first-order valence-corrected chi connectivity index (χ1v) is 7.46. The average Bonchev–Trinajstić information content (AvgIpc) is 2.72. The predicted molar refractivity (Wildman–Crippen MR) is 80.7 cm³/mol. The van der Waals surface area contributed by atoms with E-state index in [0.717, 1.165) is 18.7 Å². The smallest absolute Gasteiger partial charge is 0.251 e. The lowest BCUT2D eigenvalue weighted by Crippen LogP contribution is -2.43. The molecule has 1 aromatic carbocycles. The third-order valence-corrected chi connectivity index (χ3v) is 3.88. The third kappa shape index (κ3) is 3.94. The van der Waals surface area contributed by atoms with E-state index in [1.807, 2.05) is 13.8 Å². The topological polar surface area (TPSA) is 43.8 Å². The van der Waals surface area contributed by atoms with Crippen molar-refractivity contribution in [2.45, 2.75) is 26.4 Å². The van der Waals surface area contributed by atoms with Crippen molar-refractivity contribution in [1.29, 1.82) is 0 Å². The van der Waals surface area contributed by atoms with Crippen LogP contribution < -0.4 is 4.90 Å². The van der Waals surface area contributed by atoms with Gasteiger partial charge in [0.1, 0.15) is 11.9 Å². The first-order valence-electron chi connectivity index (χ1n) is 7.46. The molecule has 5 heteroatoms. The minimum atomic E-state index is -0.928. The molecule has 1 saturated heterocycles. The van der Waals surface area contributed by atoms with Crippen molar-refractivity contribution in [3.8, 4) is 0 Å². The van der Waals surface area contributed by atoms with Gasteiger partial charge in [-0.15, -0.1) is 0 Å². The molecule has 0 radical (unpaired) electrons. The molecule has 0 unspecified atom stereocenters. The van der Waals surface area contributed by atoms with Crippen LogP contribution in [-0.2, 0) is 4.79 Å². The van der Waals surface area contributed by atoms with Gasteiger partial charge in [-0.2, -0.15) is 0 Å². The van der Waals surface area contributed by atoms with Crippen molar-refractivity contribution < 1.29 is 14.3 Å². The van der Waals surface area contributed by atoms with Crippen molar-refractivity contribution in [2.24, 2.45) is 5.92 Å². The molecule has 21 heavy (non-hydrogen) atoms. The highest BCUT2D eigenvalue weighted by Gasteiger charge is 2.26. The second-order valence-corrected chi connectivity index (χ2v) is 5.83. The fourth-order valence-corrected chi connectivity index (χ4v) is 2.52. The molecule has 2 rings (SSSR count). The number of carbonyl (C=O) groups excluding carboxylic acids is 1. The lowest BCUT2D eigenvalue weighted by atomic mass is 10.1. The van der Waals surface area contributed by atoms with Gasteiger partial charge in [-0.3, -0.25) is 4.79 Å². The lowest BCUT2D eigenvalue weighted by Gasteiger charge is -2.26. The van der Waals surface area contributed by atoms with E-state index in [0.29, 0.717) is 19.6 Å². The van der Waals surface area contributed by atoms with Gasteiger partial charge < -0.3 is 14.9 Å². The van der Waals surface area contributed by atoms with E-state index in [1.165, 1.54) is 12.1 Å². The Labute approximate surface area is 125 Å². The number of benzene rings is 1. The average molecular weight is 294 g/mol. The SMILES string of the molecule is CC(C)[C@@H](O)C(=O)N1CCCN(c2ccc(F)cc2)CC1. The van der Waals surface area contributed by atoms with Crippen LogP contribution in [0.15, 0.2) is 24.3 Å². The zero-order chi connectivity index (χ0) is 15.4. The number of carbonyl (C=O) groups is 1. The third-order valence-electron chi connectivity index (χ3n) is 3.88. The molecule has 1 amide bonds. The molecular formula is C16H23FN2O2. The Balaban J connectivity index is 1.99. The minimum absolute atomic E-state index is 0.0750. The van der Waals surface area contributed by atoms with E-state index in [4.69, 9.17) is 0 Å². The van der Waals surface area contributed by atoms with Gasteiger partial charge in [0.05, 0.1) is 0 Å². The van der Waals surface area contributed by atoms with Gasteiger partial charge in [0.25, 0.3) is 5.91 Å². The standard InChI is InChI=1S/C16H23FN2O2/c1-12(2)15(20)16(21)19-9-3-8-18(10-11-19)14-6-4-13(17)5-7-14/h4-7,12,15,20H,3,8-11H2,1-2H3/t15-/m1/s1. The summed E-state index contributed by atoms with van der Waals surface area (Å²) in [6, 6.07) is 6.42. The van der Waals surface area contributed by atoms with Crippen molar-refractivity contribution in [1.82, 2.24) is 4.90 Å². The summed E-state index contributed by atoms with van der Waals surface area (Å²) >= 11 is 0. The molecule has 1 aliphatic heterocycles. The van der Waals surface area contributed by atoms with E-state index in [1.54, 1.807) is 17.0 Å². The fraction of sp³-hybridized carbons (Fsp3) is 0.562. The van der Waals surface area contributed by atoms with Gasteiger partial charge in [-0.25, -0.2) is 4.39 Å². The van der Waals surface area contributed by atoms with E-state index in [9.17, 15) is 14.3 Å². The molecule has 1 N–H and O–H groups in total. The van der Waals surface area contributed by atoms with Gasteiger partial charge in [0, 0.05) is 31.9 Å². The summed E-state index contributed by atoms with van der Waals surface area (Å²) in [5, 5.41) is 9.91. The van der Waals surface area contributed by atoms with Gasteiger partial charge >= 0.3 is 0 Å². The van der Waals surface area contributed by atoms with Gasteiger partial charge in [-0.05, 0) is 36.6 Å². The highest BCUT2D eigenvalue weighted by Crippen LogP contribution is 2.18. The number of hydrogen-bond donors (Lipinski definition) is 1. The Morgan fingerprint density at radius 3 is 2.43 bits per heavy atom. The molecule has 0 saturated carbocycles. The second-order valence-electron chi connectivity index (χ2n) is 5.83. The number of hydrogen-bond acceptors (Lipinski definition) is 3. The Hall–Kier alpha value is -1.62. The maximum Gasteiger partial charge on any atom is 0.251 e. The summed E-state index contributed by atoms with van der Waals surface area (Å²) in [6.45, 7) is 6.44. The molecule has 1 atom stereocenters. The quantitative estimate of drug-likeness (QED) is 0.926. The van der Waals surface area contributed by atoms with Crippen molar-refractivity contribution >= 4 is 11.6 Å². The summed E-state index contributed by atoms with van der Waals surface area (Å²) in [5.41, 5.74) is 0.968. The predicted octanol–water partition coefficient (Wildman–Crippen LogP) is 1.88. The van der Waals surface area contributed by atoms with Crippen LogP contribution in [0.4, 0.5) is 10.1 Å². The molecule has 0 spiro atoms.